The van der Waals surface area contributed by atoms with Gasteiger partial charge in [0.2, 0.25) is 0 Å². The van der Waals surface area contributed by atoms with Crippen molar-refractivity contribution in [2.24, 2.45) is 5.92 Å². The molecule has 0 N–H and O–H groups in total. The van der Waals surface area contributed by atoms with Crippen LogP contribution in [0.25, 0.3) is 0 Å². The van der Waals surface area contributed by atoms with Crippen LogP contribution in [0.2, 0.25) is 0 Å². The minimum absolute atomic E-state index is 0.0949. The first kappa shape index (κ1) is 9.40. The molecule has 82 valence electrons. The summed E-state index contributed by atoms with van der Waals surface area (Å²) in [5.41, 5.74) is 0. The summed E-state index contributed by atoms with van der Waals surface area (Å²) in [4.78, 5) is 14.4. The number of fused-ring (bicyclic) bond motifs is 4. The highest BCUT2D eigenvalue weighted by molar-refractivity contribution is 5.94. The molecule has 0 amide bonds. The van der Waals surface area contributed by atoms with E-state index in [9.17, 15) is 4.79 Å². The predicted octanol–water partition coefficient (Wildman–Crippen LogP) is 1.34. The number of allylic oxidation sites excluding steroid dienone is 2. The first-order chi connectivity index (χ1) is 7.16. The van der Waals surface area contributed by atoms with E-state index in [1.807, 2.05) is 6.92 Å². The third-order valence-electron chi connectivity index (χ3n) is 4.23. The molecule has 0 aromatic heterocycles. The minimum Gasteiger partial charge on any atom is -0.494 e. The lowest BCUT2D eigenvalue weighted by molar-refractivity contribution is -0.132. The molecule has 0 saturated carbocycles. The lowest BCUT2D eigenvalue weighted by atomic mass is 9.83. The van der Waals surface area contributed by atoms with E-state index in [4.69, 9.17) is 4.74 Å². The molecule has 0 radical (unpaired) electrons. The fourth-order valence-electron chi connectivity index (χ4n) is 3.48. The number of rotatable bonds is 0. The summed E-state index contributed by atoms with van der Waals surface area (Å²) in [6, 6.07) is 1.06. The summed E-state index contributed by atoms with van der Waals surface area (Å²) in [6.07, 6.45) is 5.23. The Kier molecular flexibility index (Phi) is 1.93. The molecule has 3 rings (SSSR count). The number of carbonyl (C=O) groups excluding carboxylic acids is 1. The molecule has 0 unspecified atom stereocenters. The maximum absolute atomic E-state index is 12.0. The highest BCUT2D eigenvalue weighted by Crippen LogP contribution is 2.42. The highest BCUT2D eigenvalue weighted by atomic mass is 16.5. The van der Waals surface area contributed by atoms with Crippen molar-refractivity contribution in [1.82, 2.24) is 4.90 Å². The van der Waals surface area contributed by atoms with Crippen molar-refractivity contribution in [2.45, 2.75) is 44.4 Å². The Hall–Kier alpha value is -0.830. The zero-order valence-corrected chi connectivity index (χ0v) is 9.27. The van der Waals surface area contributed by atoms with Crippen LogP contribution in [0.15, 0.2) is 11.8 Å². The molecule has 0 aromatic carbocycles. The average Bonchev–Trinajstić information content (AvgIpc) is 2.44. The van der Waals surface area contributed by atoms with Gasteiger partial charge < -0.3 is 4.74 Å². The van der Waals surface area contributed by atoms with Crippen molar-refractivity contribution in [3.63, 3.8) is 0 Å². The Morgan fingerprint density at radius 2 is 2.27 bits per heavy atom. The Labute approximate surface area is 90.1 Å². The molecule has 2 fully saturated rings. The predicted molar refractivity (Wildman–Crippen MR) is 56.3 cm³/mol. The van der Waals surface area contributed by atoms with E-state index in [-0.39, 0.29) is 17.8 Å². The van der Waals surface area contributed by atoms with Gasteiger partial charge in [-0.3, -0.25) is 9.69 Å². The first-order valence-corrected chi connectivity index (χ1v) is 5.77. The quantitative estimate of drug-likeness (QED) is 0.600. The summed E-state index contributed by atoms with van der Waals surface area (Å²) >= 11 is 0. The Morgan fingerprint density at radius 3 is 3.07 bits per heavy atom. The third kappa shape index (κ3) is 1.26. The van der Waals surface area contributed by atoms with Crippen LogP contribution in [0.5, 0.6) is 0 Å². The van der Waals surface area contributed by atoms with Crippen molar-refractivity contribution < 1.29 is 9.53 Å². The van der Waals surface area contributed by atoms with Gasteiger partial charge in [-0.25, -0.2) is 0 Å². The van der Waals surface area contributed by atoms with Crippen molar-refractivity contribution >= 4 is 5.78 Å². The topological polar surface area (TPSA) is 29.5 Å². The Bertz CT molecular complexity index is 337. The maximum Gasteiger partial charge on any atom is 0.167 e. The number of ether oxygens (including phenoxy) is 1. The molecular formula is C12H17NO2. The van der Waals surface area contributed by atoms with E-state index >= 15 is 0 Å². The largest absolute Gasteiger partial charge is 0.494 e. The molecule has 2 bridgehead atoms. The van der Waals surface area contributed by atoms with E-state index in [1.165, 1.54) is 6.42 Å². The van der Waals surface area contributed by atoms with Gasteiger partial charge in [0.1, 0.15) is 6.10 Å². The van der Waals surface area contributed by atoms with E-state index in [0.717, 1.165) is 18.6 Å². The van der Waals surface area contributed by atoms with Crippen molar-refractivity contribution in [1.29, 1.82) is 0 Å². The van der Waals surface area contributed by atoms with Gasteiger partial charge in [0.25, 0.3) is 0 Å². The van der Waals surface area contributed by atoms with Crippen LogP contribution in [0, 0.1) is 5.92 Å². The van der Waals surface area contributed by atoms with Gasteiger partial charge in [-0.2, -0.15) is 0 Å². The van der Waals surface area contributed by atoms with Crippen LogP contribution in [-0.4, -0.2) is 35.9 Å². The van der Waals surface area contributed by atoms with E-state index in [1.54, 1.807) is 6.08 Å². The Balaban J connectivity index is 1.95. The fourth-order valence-corrected chi connectivity index (χ4v) is 3.48. The average molecular weight is 207 g/mol. The molecule has 0 spiro atoms. The third-order valence-corrected chi connectivity index (χ3v) is 4.23. The standard InChI is InChI=1S/C12H17NO2/c1-7-5-10(14)12-9-4-3-8(13(9)2)6-11(12)15-7/h5,8-9,11-12H,3-4,6H2,1-2H3/t8-,9+,11+,12+/m1/s1. The molecule has 0 aromatic rings. The monoisotopic (exact) mass is 207 g/mol. The van der Waals surface area contributed by atoms with Gasteiger partial charge in [0.05, 0.1) is 11.7 Å². The second kappa shape index (κ2) is 3.08. The lowest BCUT2D eigenvalue weighted by Crippen LogP contribution is -2.53. The zero-order chi connectivity index (χ0) is 10.6. The fraction of sp³-hybridized carbons (Fsp3) is 0.750. The molecule has 15 heavy (non-hydrogen) atoms. The van der Waals surface area contributed by atoms with E-state index in [2.05, 4.69) is 11.9 Å². The molecular weight excluding hydrogens is 190 g/mol. The van der Waals surface area contributed by atoms with Gasteiger partial charge in [-0.1, -0.05) is 0 Å². The van der Waals surface area contributed by atoms with Gasteiger partial charge in [-0.15, -0.1) is 0 Å². The summed E-state index contributed by atoms with van der Waals surface area (Å²) in [5, 5.41) is 0. The van der Waals surface area contributed by atoms with Gasteiger partial charge in [0, 0.05) is 24.6 Å². The van der Waals surface area contributed by atoms with Gasteiger partial charge in [0.15, 0.2) is 5.78 Å². The van der Waals surface area contributed by atoms with Crippen LogP contribution < -0.4 is 0 Å². The molecule has 3 heteroatoms. The summed E-state index contributed by atoms with van der Waals surface area (Å²) in [5.74, 6) is 1.17. The van der Waals surface area contributed by atoms with Gasteiger partial charge in [-0.05, 0) is 26.8 Å². The molecule has 3 aliphatic heterocycles. The SMILES string of the molecule is CC1=CC(=O)[C@H]2[C@H](C[C@H]3CC[C@@H]2N3C)O1. The van der Waals surface area contributed by atoms with E-state index in [0.29, 0.717) is 12.1 Å². The molecule has 3 heterocycles. The smallest absolute Gasteiger partial charge is 0.167 e. The van der Waals surface area contributed by atoms with Crippen molar-refractivity contribution in [3.8, 4) is 0 Å². The van der Waals surface area contributed by atoms with Crippen molar-refractivity contribution in [2.75, 3.05) is 7.05 Å². The highest BCUT2D eigenvalue weighted by Gasteiger charge is 2.50. The number of carbonyl (C=O) groups is 1. The Morgan fingerprint density at radius 1 is 1.47 bits per heavy atom. The number of ketones is 1. The molecule has 2 saturated heterocycles. The van der Waals surface area contributed by atoms with Gasteiger partial charge >= 0.3 is 0 Å². The first-order valence-electron chi connectivity index (χ1n) is 5.77. The lowest BCUT2D eigenvalue weighted by Gasteiger charge is -2.43. The number of hydrogen-bond donors (Lipinski definition) is 0. The number of nitrogens with zero attached hydrogens (tertiary/aromatic N) is 1. The minimum atomic E-state index is 0.0949. The molecule has 4 atom stereocenters. The molecule has 0 aliphatic carbocycles. The van der Waals surface area contributed by atoms with E-state index < -0.39 is 0 Å². The zero-order valence-electron chi connectivity index (χ0n) is 9.27. The number of piperidine rings is 1. The second-order valence-corrected chi connectivity index (χ2v) is 5.04. The normalized spacial score (nSPS) is 44.7. The summed E-state index contributed by atoms with van der Waals surface area (Å²) in [7, 11) is 2.15. The van der Waals surface area contributed by atoms with Crippen LogP contribution in [0.4, 0.5) is 0 Å². The molecule has 3 nitrogen and oxygen atoms in total. The molecule has 3 aliphatic rings. The van der Waals surface area contributed by atoms with Crippen LogP contribution in [0.3, 0.4) is 0 Å². The van der Waals surface area contributed by atoms with Crippen LogP contribution in [-0.2, 0) is 9.53 Å². The van der Waals surface area contributed by atoms with Crippen molar-refractivity contribution in [3.05, 3.63) is 11.8 Å². The summed E-state index contributed by atoms with van der Waals surface area (Å²) in [6.45, 7) is 1.88. The number of hydrogen-bond acceptors (Lipinski definition) is 3. The summed E-state index contributed by atoms with van der Waals surface area (Å²) < 4.78 is 5.80. The second-order valence-electron chi connectivity index (χ2n) is 5.04. The van der Waals surface area contributed by atoms with Crippen LogP contribution >= 0.6 is 0 Å². The maximum atomic E-state index is 12.0. The van der Waals surface area contributed by atoms with Crippen LogP contribution in [0.1, 0.15) is 26.2 Å².